The second-order valence-electron chi connectivity index (χ2n) is 5.07. The number of aliphatic hydroxyl groups is 1. The Bertz CT molecular complexity index is 811. The zero-order chi connectivity index (χ0) is 16.4. The van der Waals surface area contributed by atoms with E-state index < -0.39 is 0 Å². The van der Waals surface area contributed by atoms with Crippen LogP contribution in [-0.2, 0) is 19.4 Å². The minimum absolute atomic E-state index is 0.0249. The second kappa shape index (κ2) is 6.78. The van der Waals surface area contributed by atoms with E-state index in [4.69, 9.17) is 16.0 Å². The van der Waals surface area contributed by atoms with Gasteiger partial charge in [0, 0.05) is 17.6 Å². The van der Waals surface area contributed by atoms with Gasteiger partial charge < -0.3 is 14.1 Å². The summed E-state index contributed by atoms with van der Waals surface area (Å²) in [5.41, 5.74) is 2.58. The number of rotatable bonds is 5. The molecule has 0 unspecified atom stereocenters. The van der Waals surface area contributed by atoms with E-state index in [-0.39, 0.29) is 6.61 Å². The van der Waals surface area contributed by atoms with Crippen LogP contribution in [0.1, 0.15) is 17.3 Å². The predicted molar refractivity (Wildman–Crippen MR) is 90.4 cm³/mol. The molecule has 23 heavy (non-hydrogen) atoms. The predicted octanol–water partition coefficient (Wildman–Crippen LogP) is 3.82. The Kier molecular flexibility index (Phi) is 4.75. The van der Waals surface area contributed by atoms with Crippen molar-refractivity contribution in [3.8, 4) is 11.3 Å². The number of halogens is 1. The number of thioether (sulfide) groups is 1. The first-order valence-electron chi connectivity index (χ1n) is 7.05. The molecule has 0 aliphatic carbocycles. The monoisotopic (exact) mass is 349 g/mol. The summed E-state index contributed by atoms with van der Waals surface area (Å²) in [4.78, 5) is 8.75. The van der Waals surface area contributed by atoms with Gasteiger partial charge in [0.2, 0.25) is 5.89 Å². The molecule has 0 fully saturated rings. The lowest BCUT2D eigenvalue weighted by atomic mass is 10.1. The third-order valence-electron chi connectivity index (χ3n) is 3.48. The normalized spacial score (nSPS) is 11.1. The molecule has 7 heteroatoms. The molecule has 1 N–H and O–H groups in total. The molecule has 0 aliphatic rings. The Morgan fingerprint density at radius 3 is 2.70 bits per heavy atom. The summed E-state index contributed by atoms with van der Waals surface area (Å²) < 4.78 is 7.74. The Morgan fingerprint density at radius 1 is 1.30 bits per heavy atom. The summed E-state index contributed by atoms with van der Waals surface area (Å²) in [5, 5.41) is 10.7. The fourth-order valence-corrected chi connectivity index (χ4v) is 3.16. The molecule has 5 nitrogen and oxygen atoms in total. The average molecular weight is 350 g/mol. The van der Waals surface area contributed by atoms with Crippen LogP contribution < -0.4 is 0 Å². The molecule has 3 aromatic rings. The highest BCUT2D eigenvalue weighted by Gasteiger charge is 2.13. The highest BCUT2D eigenvalue weighted by Crippen LogP contribution is 2.29. The van der Waals surface area contributed by atoms with Crippen LogP contribution in [0.2, 0.25) is 5.02 Å². The number of imidazole rings is 1. The molecule has 0 radical (unpaired) electrons. The first-order valence-corrected chi connectivity index (χ1v) is 8.41. The molecular weight excluding hydrogens is 334 g/mol. The molecule has 0 saturated heterocycles. The number of hydrogen-bond donors (Lipinski definition) is 1. The van der Waals surface area contributed by atoms with Crippen LogP contribution in [0.25, 0.3) is 11.3 Å². The van der Waals surface area contributed by atoms with Crippen molar-refractivity contribution < 1.29 is 9.52 Å². The first-order chi connectivity index (χ1) is 11.1. The molecule has 0 saturated carbocycles. The van der Waals surface area contributed by atoms with E-state index in [1.54, 1.807) is 6.20 Å². The Morgan fingerprint density at radius 2 is 2.04 bits per heavy atom. The van der Waals surface area contributed by atoms with Crippen molar-refractivity contribution in [2.45, 2.75) is 24.4 Å². The lowest BCUT2D eigenvalue weighted by molar-refractivity contribution is 0.271. The van der Waals surface area contributed by atoms with Gasteiger partial charge in [-0.25, -0.2) is 9.97 Å². The van der Waals surface area contributed by atoms with Gasteiger partial charge in [-0.3, -0.25) is 0 Å². The van der Waals surface area contributed by atoms with E-state index in [2.05, 4.69) is 9.97 Å². The van der Waals surface area contributed by atoms with E-state index in [0.717, 1.165) is 27.9 Å². The van der Waals surface area contributed by atoms with Gasteiger partial charge in [-0.1, -0.05) is 23.4 Å². The summed E-state index contributed by atoms with van der Waals surface area (Å²) in [6.45, 7) is 1.90. The molecule has 3 rings (SSSR count). The van der Waals surface area contributed by atoms with Crippen LogP contribution >= 0.6 is 23.4 Å². The van der Waals surface area contributed by atoms with Gasteiger partial charge in [-0.15, -0.1) is 0 Å². The molecule has 1 aromatic carbocycles. The van der Waals surface area contributed by atoms with Gasteiger partial charge in [0.15, 0.2) is 10.9 Å². The number of benzene rings is 1. The number of hydrogen-bond acceptors (Lipinski definition) is 5. The maximum atomic E-state index is 9.19. The minimum Gasteiger partial charge on any atom is -0.440 e. The molecule has 0 spiro atoms. The van der Waals surface area contributed by atoms with Crippen LogP contribution in [0.3, 0.4) is 0 Å². The summed E-state index contributed by atoms with van der Waals surface area (Å²) >= 11 is 7.43. The zero-order valence-corrected chi connectivity index (χ0v) is 14.4. The third kappa shape index (κ3) is 3.44. The van der Waals surface area contributed by atoms with Gasteiger partial charge >= 0.3 is 0 Å². The van der Waals surface area contributed by atoms with E-state index in [1.165, 1.54) is 11.8 Å². The summed E-state index contributed by atoms with van der Waals surface area (Å²) in [6.07, 6.45) is 1.67. The maximum Gasteiger partial charge on any atom is 0.205 e. The number of aliphatic hydroxyl groups excluding tert-OH is 1. The Labute approximate surface area is 143 Å². The lowest BCUT2D eigenvalue weighted by Gasteiger charge is -2.02. The fraction of sp³-hybridized carbons (Fsp3) is 0.250. The van der Waals surface area contributed by atoms with Crippen molar-refractivity contribution in [3.63, 3.8) is 0 Å². The largest absolute Gasteiger partial charge is 0.440 e. The minimum atomic E-state index is -0.0249. The molecule has 0 atom stereocenters. The fourth-order valence-electron chi connectivity index (χ4n) is 2.22. The van der Waals surface area contributed by atoms with Crippen molar-refractivity contribution in [2.75, 3.05) is 0 Å². The van der Waals surface area contributed by atoms with Gasteiger partial charge in [0.1, 0.15) is 0 Å². The molecule has 0 bridgehead atoms. The van der Waals surface area contributed by atoms with Crippen LogP contribution in [-0.4, -0.2) is 19.6 Å². The number of oxazole rings is 1. The van der Waals surface area contributed by atoms with Crippen LogP contribution in [0.15, 0.2) is 40.0 Å². The van der Waals surface area contributed by atoms with E-state index >= 15 is 0 Å². The number of nitrogens with zero attached hydrogens (tertiary/aromatic N) is 3. The number of aromatic nitrogens is 3. The molecule has 0 amide bonds. The lowest BCUT2D eigenvalue weighted by Crippen LogP contribution is -1.97. The summed E-state index contributed by atoms with van der Waals surface area (Å²) in [6, 6.07) is 7.49. The molecule has 2 aromatic heterocycles. The first kappa shape index (κ1) is 16.1. The van der Waals surface area contributed by atoms with Crippen molar-refractivity contribution in [1.29, 1.82) is 0 Å². The topological polar surface area (TPSA) is 64.1 Å². The summed E-state index contributed by atoms with van der Waals surface area (Å²) in [5.74, 6) is 1.98. The highest BCUT2D eigenvalue weighted by atomic mass is 35.5. The van der Waals surface area contributed by atoms with Crippen molar-refractivity contribution >= 4 is 23.4 Å². The third-order valence-corrected chi connectivity index (χ3v) is 4.76. The standard InChI is InChI=1S/C16H16ClN3O2S/c1-10-15(11-3-5-12(17)6-4-11)22-14(19-10)9-23-16-18-7-13(8-21)20(16)2/h3-7,21H,8-9H2,1-2H3. The van der Waals surface area contributed by atoms with Gasteiger partial charge in [0.25, 0.3) is 0 Å². The smallest absolute Gasteiger partial charge is 0.205 e. The van der Waals surface area contributed by atoms with Crippen LogP contribution in [0, 0.1) is 6.92 Å². The quantitative estimate of drug-likeness (QED) is 0.709. The van der Waals surface area contributed by atoms with E-state index in [1.807, 2.05) is 42.8 Å². The molecule has 120 valence electrons. The zero-order valence-electron chi connectivity index (χ0n) is 12.8. The average Bonchev–Trinajstić information content (AvgIpc) is 3.09. The maximum absolute atomic E-state index is 9.19. The SMILES string of the molecule is Cc1nc(CSc2ncc(CO)n2C)oc1-c1ccc(Cl)cc1. The number of aryl methyl sites for hydroxylation is 1. The molecule has 2 heterocycles. The molecule has 0 aliphatic heterocycles. The molecular formula is C16H16ClN3O2S. The van der Waals surface area contributed by atoms with Crippen molar-refractivity contribution in [2.24, 2.45) is 7.05 Å². The van der Waals surface area contributed by atoms with E-state index in [0.29, 0.717) is 16.7 Å². The Balaban J connectivity index is 1.75. The highest BCUT2D eigenvalue weighted by molar-refractivity contribution is 7.98. The second-order valence-corrected chi connectivity index (χ2v) is 6.45. The van der Waals surface area contributed by atoms with Crippen molar-refractivity contribution in [1.82, 2.24) is 14.5 Å². The van der Waals surface area contributed by atoms with Crippen molar-refractivity contribution in [3.05, 3.63) is 52.8 Å². The van der Waals surface area contributed by atoms with Gasteiger partial charge in [0.05, 0.1) is 29.9 Å². The Hall–Kier alpha value is -1.76. The van der Waals surface area contributed by atoms with Gasteiger partial charge in [-0.2, -0.15) is 0 Å². The van der Waals surface area contributed by atoms with E-state index in [9.17, 15) is 5.11 Å². The van der Waals surface area contributed by atoms with Gasteiger partial charge in [-0.05, 0) is 31.2 Å². The van der Waals surface area contributed by atoms with Crippen LogP contribution in [0.4, 0.5) is 0 Å². The summed E-state index contributed by atoms with van der Waals surface area (Å²) in [7, 11) is 1.88. The van der Waals surface area contributed by atoms with Crippen LogP contribution in [0.5, 0.6) is 0 Å².